The maximum Gasteiger partial charge on any atom is 0.272 e. The summed E-state index contributed by atoms with van der Waals surface area (Å²) < 4.78 is 3.55. The molecule has 0 aliphatic carbocycles. The molecule has 3 heterocycles. The molecule has 2 aromatic heterocycles. The van der Waals surface area contributed by atoms with E-state index >= 15 is 0 Å². The fraction of sp³-hybridized carbons (Fsp3) is 0.370. The number of nitrogens with zero attached hydrogens (tertiary/aromatic N) is 3. The van der Waals surface area contributed by atoms with E-state index in [9.17, 15) is 9.59 Å². The van der Waals surface area contributed by atoms with Crippen molar-refractivity contribution < 1.29 is 4.79 Å². The number of carbonyl (C=O) groups is 1. The lowest BCUT2D eigenvalue weighted by Crippen LogP contribution is -2.29. The summed E-state index contributed by atoms with van der Waals surface area (Å²) >= 11 is 2.86. The third kappa shape index (κ3) is 5.77. The molecule has 4 aromatic rings. The zero-order valence-corrected chi connectivity index (χ0v) is 21.4. The van der Waals surface area contributed by atoms with Crippen LogP contribution >= 0.6 is 23.1 Å². The number of rotatable bonds is 10. The number of thiophene rings is 1. The Labute approximate surface area is 213 Å². The lowest BCUT2D eigenvalue weighted by molar-refractivity contribution is -0.118. The molecule has 0 spiro atoms. The van der Waals surface area contributed by atoms with E-state index in [-0.39, 0.29) is 17.2 Å². The molecule has 0 unspecified atom stereocenters. The molecule has 35 heavy (non-hydrogen) atoms. The molecule has 0 saturated carbocycles. The van der Waals surface area contributed by atoms with Gasteiger partial charge in [0.2, 0.25) is 5.91 Å². The van der Waals surface area contributed by atoms with Gasteiger partial charge in [-0.1, -0.05) is 60.3 Å². The zero-order chi connectivity index (χ0) is 24.0. The predicted molar refractivity (Wildman–Crippen MR) is 146 cm³/mol. The smallest absolute Gasteiger partial charge is 0.272 e. The third-order valence-electron chi connectivity index (χ3n) is 6.41. The Bertz CT molecular complexity index is 1360. The summed E-state index contributed by atoms with van der Waals surface area (Å²) in [5.41, 5.74) is 1.95. The second-order valence-corrected chi connectivity index (χ2v) is 10.9. The van der Waals surface area contributed by atoms with Crippen LogP contribution in [-0.4, -0.2) is 52.3 Å². The van der Waals surface area contributed by atoms with Crippen molar-refractivity contribution in [2.45, 2.75) is 37.4 Å². The van der Waals surface area contributed by atoms with Crippen molar-refractivity contribution in [1.29, 1.82) is 0 Å². The van der Waals surface area contributed by atoms with Gasteiger partial charge in [0.15, 0.2) is 5.16 Å². The van der Waals surface area contributed by atoms with Crippen LogP contribution in [0, 0.1) is 0 Å². The van der Waals surface area contributed by atoms with E-state index in [1.807, 2.05) is 42.5 Å². The van der Waals surface area contributed by atoms with Gasteiger partial charge < -0.3 is 10.2 Å². The summed E-state index contributed by atoms with van der Waals surface area (Å²) in [6.07, 6.45) is 4.21. The predicted octanol–water partition coefficient (Wildman–Crippen LogP) is 4.55. The van der Waals surface area contributed by atoms with Crippen LogP contribution in [-0.2, 0) is 17.8 Å². The number of nitrogens with one attached hydrogen (secondary N) is 1. The van der Waals surface area contributed by atoms with Gasteiger partial charge in [-0.15, -0.1) is 11.3 Å². The summed E-state index contributed by atoms with van der Waals surface area (Å²) in [4.78, 5) is 33.5. The van der Waals surface area contributed by atoms with Crippen molar-refractivity contribution in [3.8, 4) is 0 Å². The molecule has 2 aromatic carbocycles. The minimum Gasteiger partial charge on any atom is -0.355 e. The summed E-state index contributed by atoms with van der Waals surface area (Å²) in [6.45, 7) is 4.49. The van der Waals surface area contributed by atoms with Crippen molar-refractivity contribution in [2.75, 3.05) is 31.9 Å². The Balaban J connectivity index is 1.31. The molecular weight excluding hydrogens is 476 g/mol. The number of amides is 1. The maximum absolute atomic E-state index is 13.5. The van der Waals surface area contributed by atoms with Crippen molar-refractivity contribution in [1.82, 2.24) is 19.8 Å². The quantitative estimate of drug-likeness (QED) is 0.253. The molecule has 0 atom stereocenters. The number of fused-ring (bicyclic) bond motifs is 3. The first-order valence-corrected chi connectivity index (χ1v) is 14.1. The van der Waals surface area contributed by atoms with Gasteiger partial charge in [-0.25, -0.2) is 4.98 Å². The van der Waals surface area contributed by atoms with Crippen molar-refractivity contribution in [3.63, 3.8) is 0 Å². The van der Waals surface area contributed by atoms with Gasteiger partial charge in [0.1, 0.15) is 4.70 Å². The van der Waals surface area contributed by atoms with Gasteiger partial charge in [0, 0.05) is 23.2 Å². The minimum absolute atomic E-state index is 0.00427. The number of aromatic nitrogens is 2. The van der Waals surface area contributed by atoms with Crippen LogP contribution in [0.1, 0.15) is 24.8 Å². The molecule has 1 amide bonds. The fourth-order valence-corrected chi connectivity index (χ4v) is 6.53. The van der Waals surface area contributed by atoms with E-state index in [1.54, 1.807) is 4.57 Å². The van der Waals surface area contributed by atoms with Crippen molar-refractivity contribution in [2.24, 2.45) is 0 Å². The number of hydrogen-bond acceptors (Lipinski definition) is 6. The summed E-state index contributed by atoms with van der Waals surface area (Å²) in [5, 5.41) is 4.63. The molecule has 1 fully saturated rings. The monoisotopic (exact) mass is 506 g/mol. The van der Waals surface area contributed by atoms with Gasteiger partial charge in [0.25, 0.3) is 5.56 Å². The van der Waals surface area contributed by atoms with Gasteiger partial charge in [-0.05, 0) is 56.9 Å². The second kappa shape index (κ2) is 11.4. The number of hydrogen-bond donors (Lipinski definition) is 1. The standard InChI is InChI=1S/C27H30N4O2S2/c32-23(28-14-13-20-9-2-1-3-10-20)19-34-27-29-24-21-11-4-5-12-22(21)35-25(24)26(33)31(27)18-8-17-30-15-6-7-16-30/h1-5,9-12H,6-8,13-19H2,(H,28,32). The van der Waals surface area contributed by atoms with Gasteiger partial charge in [0.05, 0.1) is 11.3 Å². The molecule has 0 radical (unpaired) electrons. The van der Waals surface area contributed by atoms with Crippen molar-refractivity contribution >= 4 is 49.3 Å². The highest BCUT2D eigenvalue weighted by atomic mass is 32.2. The highest BCUT2D eigenvalue weighted by molar-refractivity contribution is 7.99. The van der Waals surface area contributed by atoms with Crippen LogP contribution in [0.3, 0.4) is 0 Å². The molecule has 0 bridgehead atoms. The first-order valence-electron chi connectivity index (χ1n) is 12.3. The largest absolute Gasteiger partial charge is 0.355 e. The molecule has 1 aliphatic rings. The summed E-state index contributed by atoms with van der Waals surface area (Å²) in [7, 11) is 0. The summed E-state index contributed by atoms with van der Waals surface area (Å²) in [6, 6.07) is 18.1. The molecule has 182 valence electrons. The van der Waals surface area contributed by atoms with E-state index in [2.05, 4.69) is 22.3 Å². The van der Waals surface area contributed by atoms with E-state index in [0.717, 1.165) is 48.1 Å². The molecule has 6 nitrogen and oxygen atoms in total. The molecule has 8 heteroatoms. The maximum atomic E-state index is 13.5. The Morgan fingerprint density at radius 3 is 2.63 bits per heavy atom. The van der Waals surface area contributed by atoms with Crippen LogP contribution in [0.4, 0.5) is 0 Å². The average Bonchev–Trinajstić information content (AvgIpc) is 3.53. The highest BCUT2D eigenvalue weighted by Crippen LogP contribution is 2.31. The van der Waals surface area contributed by atoms with Crippen LogP contribution in [0.2, 0.25) is 0 Å². The van der Waals surface area contributed by atoms with Crippen molar-refractivity contribution in [3.05, 3.63) is 70.5 Å². The lowest BCUT2D eigenvalue weighted by Gasteiger charge is -2.16. The fourth-order valence-electron chi connectivity index (χ4n) is 4.59. The molecule has 5 rings (SSSR count). The SMILES string of the molecule is O=C(CSc1nc2c(sc3ccccc32)c(=O)n1CCCN1CCCC1)NCCc1ccccc1. The average molecular weight is 507 g/mol. The lowest BCUT2D eigenvalue weighted by atomic mass is 10.1. The molecule has 1 saturated heterocycles. The number of benzene rings is 2. The summed E-state index contributed by atoms with van der Waals surface area (Å²) in [5.74, 6) is 0.195. The Morgan fingerprint density at radius 1 is 1.03 bits per heavy atom. The van der Waals surface area contributed by atoms with Crippen LogP contribution in [0.5, 0.6) is 0 Å². The van der Waals surface area contributed by atoms with Gasteiger partial charge >= 0.3 is 0 Å². The highest BCUT2D eigenvalue weighted by Gasteiger charge is 2.18. The third-order valence-corrected chi connectivity index (χ3v) is 8.54. The van der Waals surface area contributed by atoms with Gasteiger partial charge in [-0.2, -0.15) is 0 Å². The number of carbonyl (C=O) groups excluding carboxylic acids is 1. The Kier molecular flexibility index (Phi) is 7.81. The second-order valence-electron chi connectivity index (χ2n) is 8.90. The Hall–Kier alpha value is -2.68. The minimum atomic E-state index is -0.0425. The number of thioether (sulfide) groups is 1. The van der Waals surface area contributed by atoms with Gasteiger partial charge in [-0.3, -0.25) is 14.2 Å². The molecule has 1 aliphatic heterocycles. The zero-order valence-electron chi connectivity index (χ0n) is 19.7. The first-order chi connectivity index (χ1) is 17.2. The van der Waals surface area contributed by atoms with E-state index in [1.165, 1.54) is 41.5 Å². The first kappa shape index (κ1) is 24.0. The van der Waals surface area contributed by atoms with E-state index in [4.69, 9.17) is 4.98 Å². The van der Waals surface area contributed by atoms with E-state index in [0.29, 0.717) is 22.9 Å². The van der Waals surface area contributed by atoms with E-state index < -0.39 is 0 Å². The van der Waals surface area contributed by atoms with Crippen LogP contribution < -0.4 is 10.9 Å². The normalized spacial score (nSPS) is 14.2. The Morgan fingerprint density at radius 2 is 1.80 bits per heavy atom. The van der Waals surface area contributed by atoms with Crippen LogP contribution in [0.25, 0.3) is 20.3 Å². The molecular formula is C27H30N4O2S2. The topological polar surface area (TPSA) is 67.2 Å². The number of likely N-dealkylation sites (tertiary alicyclic amines) is 1. The van der Waals surface area contributed by atoms with Crippen LogP contribution in [0.15, 0.2) is 64.5 Å². The molecule has 1 N–H and O–H groups in total.